The summed E-state index contributed by atoms with van der Waals surface area (Å²) in [5, 5.41) is 2.43. The number of carbonyl (C=O) groups is 1. The Bertz CT molecular complexity index is 419. The zero-order chi connectivity index (χ0) is 14.3. The van der Waals surface area contributed by atoms with Gasteiger partial charge in [-0.05, 0) is 18.6 Å². The largest absolute Gasteiger partial charge is 0.573 e. The number of anilines is 1. The highest BCUT2D eigenvalue weighted by molar-refractivity contribution is 5.92. The lowest BCUT2D eigenvalue weighted by Gasteiger charge is -2.13. The van der Waals surface area contributed by atoms with E-state index in [0.29, 0.717) is 6.42 Å². The first-order chi connectivity index (χ1) is 8.92. The number of hydrogen-bond donors (Lipinski definition) is 1. The van der Waals surface area contributed by atoms with Gasteiger partial charge in [-0.3, -0.25) is 4.79 Å². The molecule has 0 aliphatic carbocycles. The molecule has 0 bridgehead atoms. The van der Waals surface area contributed by atoms with Crippen LogP contribution in [0.25, 0.3) is 0 Å². The van der Waals surface area contributed by atoms with E-state index in [9.17, 15) is 18.0 Å². The number of halogens is 3. The van der Waals surface area contributed by atoms with Crippen LogP contribution in [0.15, 0.2) is 24.3 Å². The number of rotatable bonds is 6. The Labute approximate surface area is 109 Å². The van der Waals surface area contributed by atoms with Crippen molar-refractivity contribution in [1.29, 1.82) is 0 Å². The zero-order valence-electron chi connectivity index (χ0n) is 10.6. The molecule has 106 valence electrons. The minimum absolute atomic E-state index is 0.0290. The second kappa shape index (κ2) is 7.01. The molecule has 3 nitrogen and oxygen atoms in total. The van der Waals surface area contributed by atoms with E-state index in [1.54, 1.807) is 0 Å². The number of carbonyl (C=O) groups excluding carboxylic acids is 1. The van der Waals surface area contributed by atoms with E-state index in [4.69, 9.17) is 0 Å². The second-order valence-corrected chi connectivity index (χ2v) is 4.05. The highest BCUT2D eigenvalue weighted by Crippen LogP contribution is 2.29. The van der Waals surface area contributed by atoms with E-state index in [2.05, 4.69) is 10.1 Å². The van der Waals surface area contributed by atoms with Gasteiger partial charge in [0.25, 0.3) is 0 Å². The average Bonchev–Trinajstić information content (AvgIpc) is 2.30. The van der Waals surface area contributed by atoms with Crippen molar-refractivity contribution in [2.75, 3.05) is 5.32 Å². The van der Waals surface area contributed by atoms with Gasteiger partial charge in [0.2, 0.25) is 5.91 Å². The molecular weight excluding hydrogens is 259 g/mol. The third kappa shape index (κ3) is 6.13. The number of para-hydroxylation sites is 2. The van der Waals surface area contributed by atoms with Gasteiger partial charge in [0.05, 0.1) is 5.69 Å². The van der Waals surface area contributed by atoms with Crippen molar-refractivity contribution in [3.63, 3.8) is 0 Å². The highest BCUT2D eigenvalue weighted by atomic mass is 19.4. The molecule has 19 heavy (non-hydrogen) atoms. The van der Waals surface area contributed by atoms with Gasteiger partial charge < -0.3 is 10.1 Å². The van der Waals surface area contributed by atoms with Gasteiger partial charge in [-0.25, -0.2) is 0 Å². The Morgan fingerprint density at radius 2 is 1.95 bits per heavy atom. The van der Waals surface area contributed by atoms with Crippen LogP contribution in [-0.4, -0.2) is 12.3 Å². The number of ether oxygens (including phenoxy) is 1. The van der Waals surface area contributed by atoms with Gasteiger partial charge in [0.1, 0.15) is 0 Å². The van der Waals surface area contributed by atoms with Crippen LogP contribution in [0.2, 0.25) is 0 Å². The molecule has 0 fully saturated rings. The predicted molar refractivity (Wildman–Crippen MR) is 65.9 cm³/mol. The van der Waals surface area contributed by atoms with Crippen LogP contribution >= 0.6 is 0 Å². The normalized spacial score (nSPS) is 11.2. The van der Waals surface area contributed by atoms with E-state index in [0.717, 1.165) is 18.9 Å². The fraction of sp³-hybridized carbons (Fsp3) is 0.462. The van der Waals surface area contributed by atoms with E-state index < -0.39 is 12.1 Å². The molecule has 0 aromatic heterocycles. The first kappa shape index (κ1) is 15.3. The zero-order valence-corrected chi connectivity index (χ0v) is 10.6. The highest BCUT2D eigenvalue weighted by Gasteiger charge is 2.32. The summed E-state index contributed by atoms with van der Waals surface area (Å²) in [6, 6.07) is 5.48. The molecule has 1 rings (SSSR count). The van der Waals surface area contributed by atoms with Gasteiger partial charge >= 0.3 is 6.36 Å². The van der Waals surface area contributed by atoms with E-state index in [1.807, 2.05) is 6.92 Å². The number of benzene rings is 1. The fourth-order valence-corrected chi connectivity index (χ4v) is 1.53. The molecule has 1 amide bonds. The SMILES string of the molecule is CCCCCC(=O)Nc1ccccc1OC(F)(F)F. The van der Waals surface area contributed by atoms with Crippen LogP contribution < -0.4 is 10.1 Å². The maximum atomic E-state index is 12.2. The maximum absolute atomic E-state index is 12.2. The van der Waals surface area contributed by atoms with Crippen LogP contribution in [0.1, 0.15) is 32.6 Å². The summed E-state index contributed by atoms with van der Waals surface area (Å²) in [4.78, 5) is 11.6. The first-order valence-corrected chi connectivity index (χ1v) is 6.07. The van der Waals surface area contributed by atoms with Crippen molar-refractivity contribution in [2.45, 2.75) is 39.0 Å². The lowest BCUT2D eigenvalue weighted by atomic mass is 10.2. The molecule has 0 radical (unpaired) electrons. The summed E-state index contributed by atoms with van der Waals surface area (Å²) in [6.07, 6.45) is -1.89. The van der Waals surface area contributed by atoms with Crippen molar-refractivity contribution < 1.29 is 22.7 Å². The monoisotopic (exact) mass is 275 g/mol. The molecule has 1 N–H and O–H groups in total. The molecule has 0 aliphatic heterocycles. The van der Waals surface area contributed by atoms with Crippen molar-refractivity contribution in [1.82, 2.24) is 0 Å². The number of hydrogen-bond acceptors (Lipinski definition) is 2. The summed E-state index contributed by atoms with van der Waals surface area (Å²) in [7, 11) is 0. The lowest BCUT2D eigenvalue weighted by molar-refractivity contribution is -0.274. The van der Waals surface area contributed by atoms with E-state index in [1.165, 1.54) is 18.2 Å². The molecule has 1 aromatic rings. The lowest BCUT2D eigenvalue weighted by Crippen LogP contribution is -2.19. The van der Waals surface area contributed by atoms with Crippen LogP contribution in [0.5, 0.6) is 5.75 Å². The number of nitrogens with one attached hydrogen (secondary N) is 1. The number of unbranched alkanes of at least 4 members (excludes halogenated alkanes) is 2. The molecule has 0 atom stereocenters. The van der Waals surface area contributed by atoms with Crippen LogP contribution in [0.3, 0.4) is 0 Å². The summed E-state index contributed by atoms with van der Waals surface area (Å²) in [5.41, 5.74) is 0.0290. The smallest absolute Gasteiger partial charge is 0.404 e. The standard InChI is InChI=1S/C13H16F3NO2/c1-2-3-4-9-12(18)17-10-7-5-6-8-11(10)19-13(14,15)16/h5-8H,2-4,9H2,1H3,(H,17,18). The van der Waals surface area contributed by atoms with Crippen LogP contribution in [0.4, 0.5) is 18.9 Å². The molecule has 6 heteroatoms. The van der Waals surface area contributed by atoms with Gasteiger partial charge in [-0.2, -0.15) is 0 Å². The first-order valence-electron chi connectivity index (χ1n) is 6.07. The number of alkyl halides is 3. The van der Waals surface area contributed by atoms with Crippen molar-refractivity contribution in [3.8, 4) is 5.75 Å². The van der Waals surface area contributed by atoms with Gasteiger partial charge in [0, 0.05) is 6.42 Å². The van der Waals surface area contributed by atoms with Gasteiger partial charge in [-0.1, -0.05) is 31.9 Å². The average molecular weight is 275 g/mol. The maximum Gasteiger partial charge on any atom is 0.573 e. The predicted octanol–water partition coefficient (Wildman–Crippen LogP) is 4.10. The van der Waals surface area contributed by atoms with Gasteiger partial charge in [0.15, 0.2) is 5.75 Å². The Kier molecular flexibility index (Phi) is 5.66. The molecule has 0 unspecified atom stereocenters. The Morgan fingerprint density at radius 3 is 2.58 bits per heavy atom. The molecule has 0 heterocycles. The third-order valence-electron chi connectivity index (χ3n) is 2.39. The van der Waals surface area contributed by atoms with E-state index in [-0.39, 0.29) is 18.0 Å². The molecule has 0 aliphatic rings. The molecular formula is C13H16F3NO2. The number of amides is 1. The van der Waals surface area contributed by atoms with E-state index >= 15 is 0 Å². The fourth-order valence-electron chi connectivity index (χ4n) is 1.53. The van der Waals surface area contributed by atoms with Gasteiger partial charge in [-0.15, -0.1) is 13.2 Å². The Morgan fingerprint density at radius 1 is 1.26 bits per heavy atom. The summed E-state index contributed by atoms with van der Waals surface area (Å²) in [6.45, 7) is 2.00. The summed E-state index contributed by atoms with van der Waals surface area (Å²) >= 11 is 0. The van der Waals surface area contributed by atoms with Crippen molar-refractivity contribution >= 4 is 11.6 Å². The van der Waals surface area contributed by atoms with Crippen molar-refractivity contribution in [3.05, 3.63) is 24.3 Å². The minimum Gasteiger partial charge on any atom is -0.404 e. The third-order valence-corrected chi connectivity index (χ3v) is 2.39. The van der Waals surface area contributed by atoms with Crippen molar-refractivity contribution in [2.24, 2.45) is 0 Å². The molecule has 0 saturated heterocycles. The molecule has 0 spiro atoms. The quantitative estimate of drug-likeness (QED) is 0.794. The summed E-state index contributed by atoms with van der Waals surface area (Å²) < 4.78 is 40.4. The Balaban J connectivity index is 2.64. The molecule has 1 aromatic carbocycles. The van der Waals surface area contributed by atoms with Crippen LogP contribution in [0, 0.1) is 0 Å². The Hall–Kier alpha value is -1.72. The molecule has 0 saturated carbocycles. The topological polar surface area (TPSA) is 38.3 Å². The summed E-state index contributed by atoms with van der Waals surface area (Å²) in [5.74, 6) is -0.717. The minimum atomic E-state index is -4.77. The second-order valence-electron chi connectivity index (χ2n) is 4.05. The van der Waals surface area contributed by atoms with Crippen LogP contribution in [-0.2, 0) is 4.79 Å².